The highest BCUT2D eigenvalue weighted by molar-refractivity contribution is 5.92. The van der Waals surface area contributed by atoms with Crippen LogP contribution in [0.4, 0.5) is 0 Å². The molecule has 2 heterocycles. The summed E-state index contributed by atoms with van der Waals surface area (Å²) in [4.78, 5) is 31.1. The van der Waals surface area contributed by atoms with Crippen molar-refractivity contribution >= 4 is 11.9 Å². The predicted molar refractivity (Wildman–Crippen MR) is 78.1 cm³/mol. The van der Waals surface area contributed by atoms with E-state index in [0.717, 1.165) is 0 Å². The number of rotatable bonds is 6. The van der Waals surface area contributed by atoms with E-state index in [0.29, 0.717) is 0 Å². The van der Waals surface area contributed by atoms with Gasteiger partial charge in [0.05, 0.1) is 17.3 Å². The lowest BCUT2D eigenvalue weighted by Gasteiger charge is -2.34. The van der Waals surface area contributed by atoms with Crippen LogP contribution < -0.4 is 5.73 Å². The third-order valence-corrected chi connectivity index (χ3v) is 3.45. The number of primary amides is 1. The summed E-state index contributed by atoms with van der Waals surface area (Å²) in [5.74, 6) is -4.54. The second-order valence-electron chi connectivity index (χ2n) is 4.87. The molecule has 8 nitrogen and oxygen atoms in total. The van der Waals surface area contributed by atoms with Crippen LogP contribution in [0.25, 0.3) is 0 Å². The van der Waals surface area contributed by atoms with E-state index in [1.54, 1.807) is 24.3 Å². The van der Waals surface area contributed by atoms with Gasteiger partial charge in [-0.05, 0) is 24.3 Å². The number of aliphatic carboxylic acids is 1. The smallest absolute Gasteiger partial charge is 0.336 e. The Morgan fingerprint density at radius 2 is 1.52 bits per heavy atom. The van der Waals surface area contributed by atoms with Crippen LogP contribution in [0.2, 0.25) is 0 Å². The molecule has 0 fully saturated rings. The number of carbonyl (C=O) groups is 2. The SMILES string of the molecule is NC(=O)C(O)(C(O)C(=O)O)C(c1ccccn1)c1ccccn1. The summed E-state index contributed by atoms with van der Waals surface area (Å²) < 4.78 is 0. The molecule has 0 radical (unpaired) electrons. The number of hydrogen-bond donors (Lipinski definition) is 4. The first-order chi connectivity index (χ1) is 10.9. The fourth-order valence-corrected chi connectivity index (χ4v) is 2.32. The molecule has 2 aromatic heterocycles. The molecule has 1 amide bonds. The Kier molecular flexibility index (Phi) is 4.68. The van der Waals surface area contributed by atoms with Crippen LogP contribution in [0.3, 0.4) is 0 Å². The quantitative estimate of drug-likeness (QED) is 0.549. The number of hydrogen-bond acceptors (Lipinski definition) is 6. The first kappa shape index (κ1) is 16.5. The van der Waals surface area contributed by atoms with E-state index < -0.39 is 29.5 Å². The Morgan fingerprint density at radius 1 is 1.04 bits per heavy atom. The summed E-state index contributed by atoms with van der Waals surface area (Å²) in [6.45, 7) is 0. The monoisotopic (exact) mass is 317 g/mol. The van der Waals surface area contributed by atoms with Gasteiger partial charge in [-0.2, -0.15) is 0 Å². The van der Waals surface area contributed by atoms with Crippen molar-refractivity contribution in [1.82, 2.24) is 9.97 Å². The lowest BCUT2D eigenvalue weighted by atomic mass is 9.77. The van der Waals surface area contributed by atoms with Gasteiger partial charge in [0.25, 0.3) is 5.91 Å². The molecule has 2 aromatic rings. The van der Waals surface area contributed by atoms with Crippen molar-refractivity contribution in [3.05, 3.63) is 60.2 Å². The number of carboxylic acid groups (broad SMARTS) is 1. The third-order valence-electron chi connectivity index (χ3n) is 3.45. The average Bonchev–Trinajstić information content (AvgIpc) is 2.55. The summed E-state index contributed by atoms with van der Waals surface area (Å²) in [7, 11) is 0. The summed E-state index contributed by atoms with van der Waals surface area (Å²) in [5.41, 5.74) is 2.68. The fraction of sp³-hybridized carbons (Fsp3) is 0.200. The molecule has 2 unspecified atom stereocenters. The Balaban J connectivity index is 2.69. The van der Waals surface area contributed by atoms with E-state index in [2.05, 4.69) is 9.97 Å². The summed E-state index contributed by atoms with van der Waals surface area (Å²) in [6, 6.07) is 9.34. The molecule has 0 aliphatic rings. The molecule has 120 valence electrons. The van der Waals surface area contributed by atoms with Crippen LogP contribution in [0.5, 0.6) is 0 Å². The number of amides is 1. The summed E-state index contributed by atoms with van der Waals surface area (Å²) >= 11 is 0. The molecule has 0 saturated carbocycles. The molecule has 5 N–H and O–H groups in total. The standard InChI is InChI=1S/C15H15N3O5/c16-14(22)15(23,12(19)13(20)21)11(9-5-1-3-7-17-9)10-6-2-4-8-18-10/h1-8,11-12,19,23H,(H2,16,22)(H,20,21). The molecule has 2 rings (SSSR count). The maximum absolute atomic E-state index is 11.8. The van der Waals surface area contributed by atoms with E-state index in [1.165, 1.54) is 24.5 Å². The van der Waals surface area contributed by atoms with Crippen molar-refractivity contribution in [1.29, 1.82) is 0 Å². The van der Waals surface area contributed by atoms with Crippen molar-refractivity contribution in [3.63, 3.8) is 0 Å². The minimum Gasteiger partial charge on any atom is -0.479 e. The molecule has 0 saturated heterocycles. The highest BCUT2D eigenvalue weighted by atomic mass is 16.4. The van der Waals surface area contributed by atoms with Crippen molar-refractivity contribution in [2.75, 3.05) is 0 Å². The van der Waals surface area contributed by atoms with Crippen LogP contribution in [0.15, 0.2) is 48.8 Å². The Morgan fingerprint density at radius 3 is 1.83 bits per heavy atom. The lowest BCUT2D eigenvalue weighted by Crippen LogP contribution is -2.60. The van der Waals surface area contributed by atoms with Crippen molar-refractivity contribution < 1.29 is 24.9 Å². The van der Waals surface area contributed by atoms with Gasteiger partial charge in [0.15, 0.2) is 11.7 Å². The van der Waals surface area contributed by atoms with Crippen molar-refractivity contribution in [2.45, 2.75) is 17.6 Å². The van der Waals surface area contributed by atoms with Crippen LogP contribution in [-0.2, 0) is 9.59 Å². The largest absolute Gasteiger partial charge is 0.479 e. The molecule has 0 aliphatic carbocycles. The average molecular weight is 317 g/mol. The second kappa shape index (κ2) is 6.51. The van der Waals surface area contributed by atoms with Crippen LogP contribution >= 0.6 is 0 Å². The normalized spacial score (nSPS) is 14.9. The number of nitrogens with two attached hydrogens (primary N) is 1. The molecular formula is C15H15N3O5. The molecule has 0 spiro atoms. The fourth-order valence-electron chi connectivity index (χ4n) is 2.32. The number of aromatic nitrogens is 2. The minimum absolute atomic E-state index is 0.146. The van der Waals surface area contributed by atoms with E-state index in [1.807, 2.05) is 0 Å². The molecule has 2 atom stereocenters. The molecule has 0 aliphatic heterocycles. The first-order valence-corrected chi connectivity index (χ1v) is 6.64. The molecular weight excluding hydrogens is 302 g/mol. The Hall–Kier alpha value is -2.84. The van der Waals surface area contributed by atoms with Gasteiger partial charge in [-0.1, -0.05) is 12.1 Å². The van der Waals surface area contributed by atoms with Crippen LogP contribution in [0.1, 0.15) is 17.3 Å². The zero-order valence-corrected chi connectivity index (χ0v) is 11.9. The summed E-state index contributed by atoms with van der Waals surface area (Å²) in [5, 5.41) is 29.7. The van der Waals surface area contributed by atoms with Gasteiger partial charge >= 0.3 is 5.97 Å². The topological polar surface area (TPSA) is 147 Å². The highest BCUT2D eigenvalue weighted by Crippen LogP contribution is 2.35. The van der Waals surface area contributed by atoms with Gasteiger partial charge < -0.3 is 21.1 Å². The second-order valence-corrected chi connectivity index (χ2v) is 4.87. The van der Waals surface area contributed by atoms with Crippen LogP contribution in [-0.4, -0.2) is 48.9 Å². The number of aliphatic hydroxyl groups excluding tert-OH is 1. The minimum atomic E-state index is -2.82. The number of pyridine rings is 2. The number of carboxylic acids is 1. The van der Waals surface area contributed by atoms with E-state index in [-0.39, 0.29) is 11.4 Å². The van der Waals surface area contributed by atoms with Gasteiger partial charge in [-0.15, -0.1) is 0 Å². The maximum Gasteiger partial charge on any atom is 0.336 e. The first-order valence-electron chi connectivity index (χ1n) is 6.64. The van der Waals surface area contributed by atoms with E-state index in [9.17, 15) is 19.8 Å². The van der Waals surface area contributed by atoms with Crippen molar-refractivity contribution in [2.24, 2.45) is 5.73 Å². The van der Waals surface area contributed by atoms with Gasteiger partial charge in [-0.3, -0.25) is 14.8 Å². The predicted octanol–water partition coefficient (Wildman–Crippen LogP) is -0.730. The molecule has 8 heteroatoms. The van der Waals surface area contributed by atoms with Gasteiger partial charge in [0, 0.05) is 12.4 Å². The molecule has 0 aromatic carbocycles. The Labute approximate surface area is 131 Å². The number of carbonyl (C=O) groups excluding carboxylic acids is 1. The van der Waals surface area contributed by atoms with Crippen LogP contribution in [0, 0.1) is 0 Å². The maximum atomic E-state index is 11.8. The summed E-state index contributed by atoms with van der Waals surface area (Å²) in [6.07, 6.45) is 0.355. The number of nitrogens with zero attached hydrogens (tertiary/aromatic N) is 2. The molecule has 0 bridgehead atoms. The van der Waals surface area contributed by atoms with Crippen molar-refractivity contribution in [3.8, 4) is 0 Å². The van der Waals surface area contributed by atoms with E-state index in [4.69, 9.17) is 10.8 Å². The van der Waals surface area contributed by atoms with Gasteiger partial charge in [-0.25, -0.2) is 4.79 Å². The number of aliphatic hydroxyl groups is 2. The molecule has 23 heavy (non-hydrogen) atoms. The lowest BCUT2D eigenvalue weighted by molar-refractivity contribution is -0.173. The highest BCUT2D eigenvalue weighted by Gasteiger charge is 2.54. The Bertz CT molecular complexity index is 655. The third kappa shape index (κ3) is 3.03. The zero-order chi connectivity index (χ0) is 17.0. The van der Waals surface area contributed by atoms with E-state index >= 15 is 0 Å². The van der Waals surface area contributed by atoms with Gasteiger partial charge in [0.2, 0.25) is 0 Å². The zero-order valence-electron chi connectivity index (χ0n) is 11.9. The van der Waals surface area contributed by atoms with Gasteiger partial charge in [0.1, 0.15) is 0 Å².